The lowest BCUT2D eigenvalue weighted by atomic mass is 10.1. The molecule has 2 aromatic rings. The van der Waals surface area contributed by atoms with Crippen molar-refractivity contribution in [3.63, 3.8) is 0 Å². The number of methoxy groups -OCH3 is 2. The predicted octanol–water partition coefficient (Wildman–Crippen LogP) is 4.41. The molecule has 0 radical (unpaired) electrons. The summed E-state index contributed by atoms with van der Waals surface area (Å²) in [6.07, 6.45) is 0. The van der Waals surface area contributed by atoms with E-state index in [0.29, 0.717) is 28.2 Å². The number of benzene rings is 1. The number of hydrogen-bond acceptors (Lipinski definition) is 6. The van der Waals surface area contributed by atoms with Crippen LogP contribution in [0.4, 0.5) is 17.5 Å². The number of halogens is 1. The summed E-state index contributed by atoms with van der Waals surface area (Å²) in [6.45, 7) is 8.14. The highest BCUT2D eigenvalue weighted by Crippen LogP contribution is 2.37. The van der Waals surface area contributed by atoms with Crippen molar-refractivity contribution in [2.75, 3.05) is 24.9 Å². The first-order valence-electron chi connectivity index (χ1n) is 7.54. The molecule has 6 nitrogen and oxygen atoms in total. The number of aromatic nitrogens is 2. The van der Waals surface area contributed by atoms with Gasteiger partial charge in [-0.15, -0.1) is 0 Å². The molecule has 0 bridgehead atoms. The van der Waals surface area contributed by atoms with Gasteiger partial charge in [-0.1, -0.05) is 11.6 Å². The van der Waals surface area contributed by atoms with Crippen molar-refractivity contribution in [2.45, 2.75) is 33.2 Å². The quantitative estimate of drug-likeness (QED) is 0.832. The zero-order chi connectivity index (χ0) is 17.9. The van der Waals surface area contributed by atoms with Crippen molar-refractivity contribution in [3.8, 4) is 11.5 Å². The minimum Gasteiger partial charge on any atom is -0.495 e. The third kappa shape index (κ3) is 4.64. The maximum atomic E-state index is 6.13. The van der Waals surface area contributed by atoms with Gasteiger partial charge in [0, 0.05) is 29.4 Å². The molecule has 0 fully saturated rings. The van der Waals surface area contributed by atoms with Crippen LogP contribution in [-0.2, 0) is 0 Å². The molecule has 0 aliphatic carbocycles. The second-order valence-corrected chi connectivity index (χ2v) is 6.81. The molecule has 0 unspecified atom stereocenters. The van der Waals surface area contributed by atoms with Crippen LogP contribution in [0.25, 0.3) is 0 Å². The molecule has 130 valence electrons. The highest BCUT2D eigenvalue weighted by Gasteiger charge is 2.14. The fourth-order valence-electron chi connectivity index (χ4n) is 2.15. The van der Waals surface area contributed by atoms with Crippen molar-refractivity contribution in [1.82, 2.24) is 9.97 Å². The zero-order valence-corrected chi connectivity index (χ0v) is 15.6. The Hall–Kier alpha value is -2.21. The van der Waals surface area contributed by atoms with Gasteiger partial charge in [-0.25, -0.2) is 4.98 Å². The summed E-state index contributed by atoms with van der Waals surface area (Å²) in [7, 11) is 3.14. The van der Waals surface area contributed by atoms with E-state index in [-0.39, 0.29) is 5.54 Å². The molecule has 1 aromatic heterocycles. The van der Waals surface area contributed by atoms with E-state index < -0.39 is 0 Å². The average Bonchev–Trinajstić information content (AvgIpc) is 2.46. The van der Waals surface area contributed by atoms with E-state index in [0.717, 1.165) is 11.5 Å². The van der Waals surface area contributed by atoms with E-state index >= 15 is 0 Å². The Labute approximate surface area is 147 Å². The summed E-state index contributed by atoms with van der Waals surface area (Å²) >= 11 is 6.13. The lowest BCUT2D eigenvalue weighted by Gasteiger charge is -2.22. The summed E-state index contributed by atoms with van der Waals surface area (Å²) < 4.78 is 10.6. The first kappa shape index (κ1) is 18.1. The molecule has 0 atom stereocenters. The van der Waals surface area contributed by atoms with Gasteiger partial charge >= 0.3 is 0 Å². The number of aryl methyl sites for hydroxylation is 1. The van der Waals surface area contributed by atoms with Crippen LogP contribution >= 0.6 is 11.6 Å². The van der Waals surface area contributed by atoms with Gasteiger partial charge in [-0.3, -0.25) is 0 Å². The van der Waals surface area contributed by atoms with Crippen LogP contribution in [-0.4, -0.2) is 29.7 Å². The molecule has 7 heteroatoms. The number of rotatable bonds is 5. The minimum absolute atomic E-state index is 0.0980. The van der Waals surface area contributed by atoms with Gasteiger partial charge in [0.1, 0.15) is 17.3 Å². The largest absolute Gasteiger partial charge is 0.495 e. The van der Waals surface area contributed by atoms with Crippen LogP contribution in [0.2, 0.25) is 5.02 Å². The number of hydrogen-bond donors (Lipinski definition) is 2. The van der Waals surface area contributed by atoms with Crippen LogP contribution in [0.15, 0.2) is 18.2 Å². The van der Waals surface area contributed by atoms with Gasteiger partial charge in [-0.2, -0.15) is 4.98 Å². The highest BCUT2D eigenvalue weighted by atomic mass is 35.5. The second kappa shape index (κ2) is 7.13. The molecule has 0 saturated heterocycles. The van der Waals surface area contributed by atoms with Crippen molar-refractivity contribution >= 4 is 29.1 Å². The summed E-state index contributed by atoms with van der Waals surface area (Å²) in [5.74, 6) is 2.33. The number of nitrogens with zero attached hydrogens (tertiary/aromatic N) is 2. The molecule has 0 spiro atoms. The molecule has 0 aliphatic rings. The topological polar surface area (TPSA) is 68.3 Å². The Morgan fingerprint density at radius 2 is 1.67 bits per heavy atom. The maximum absolute atomic E-state index is 6.13. The van der Waals surface area contributed by atoms with E-state index in [1.54, 1.807) is 26.4 Å². The molecule has 0 saturated carbocycles. The molecule has 2 N–H and O–H groups in total. The summed E-state index contributed by atoms with van der Waals surface area (Å²) in [6, 6.07) is 5.34. The second-order valence-electron chi connectivity index (χ2n) is 6.41. The van der Waals surface area contributed by atoms with Gasteiger partial charge in [0.25, 0.3) is 0 Å². The molecule has 2 rings (SSSR count). The van der Waals surface area contributed by atoms with Gasteiger partial charge in [0.2, 0.25) is 5.95 Å². The average molecular weight is 351 g/mol. The van der Waals surface area contributed by atoms with E-state index in [1.807, 2.05) is 13.0 Å². The molecular weight excluding hydrogens is 328 g/mol. The molecule has 0 aliphatic heterocycles. The monoisotopic (exact) mass is 350 g/mol. The van der Waals surface area contributed by atoms with Crippen LogP contribution in [0.5, 0.6) is 11.5 Å². The fourth-order valence-corrected chi connectivity index (χ4v) is 2.38. The number of nitrogens with one attached hydrogen (secondary N) is 2. The predicted molar refractivity (Wildman–Crippen MR) is 98.0 cm³/mol. The fraction of sp³-hybridized carbons (Fsp3) is 0.412. The molecular formula is C17H23ClN4O2. The molecule has 1 aromatic carbocycles. The van der Waals surface area contributed by atoms with Crippen LogP contribution < -0.4 is 20.1 Å². The van der Waals surface area contributed by atoms with Gasteiger partial charge in [-0.05, 0) is 27.7 Å². The van der Waals surface area contributed by atoms with E-state index in [1.165, 1.54) is 0 Å². The lowest BCUT2D eigenvalue weighted by Crippen LogP contribution is -2.27. The van der Waals surface area contributed by atoms with E-state index in [4.69, 9.17) is 21.1 Å². The smallest absolute Gasteiger partial charge is 0.229 e. The van der Waals surface area contributed by atoms with Crippen LogP contribution in [0.1, 0.15) is 26.5 Å². The van der Waals surface area contributed by atoms with Crippen molar-refractivity contribution in [3.05, 3.63) is 28.9 Å². The summed E-state index contributed by atoms with van der Waals surface area (Å²) in [4.78, 5) is 8.93. The van der Waals surface area contributed by atoms with Crippen LogP contribution in [0, 0.1) is 6.92 Å². The van der Waals surface area contributed by atoms with E-state index in [2.05, 4.69) is 41.4 Å². The Bertz CT molecular complexity index is 729. The number of anilines is 3. The lowest BCUT2D eigenvalue weighted by molar-refractivity contribution is 0.405. The minimum atomic E-state index is -0.0980. The molecule has 1 heterocycles. The SMILES string of the molecule is COc1cc(Nc2nc(C)cc(NC(C)(C)C)n2)c(OC)cc1Cl. The highest BCUT2D eigenvalue weighted by molar-refractivity contribution is 6.32. The Kier molecular flexibility index (Phi) is 5.39. The Morgan fingerprint density at radius 1 is 1.00 bits per heavy atom. The Balaban J connectivity index is 2.37. The van der Waals surface area contributed by atoms with Crippen LogP contribution in [0.3, 0.4) is 0 Å². The summed E-state index contributed by atoms with van der Waals surface area (Å²) in [5.41, 5.74) is 1.42. The van der Waals surface area contributed by atoms with Crippen molar-refractivity contribution in [2.24, 2.45) is 0 Å². The van der Waals surface area contributed by atoms with Gasteiger partial charge < -0.3 is 20.1 Å². The first-order chi connectivity index (χ1) is 11.2. The maximum Gasteiger partial charge on any atom is 0.229 e. The van der Waals surface area contributed by atoms with Crippen molar-refractivity contribution < 1.29 is 9.47 Å². The summed E-state index contributed by atoms with van der Waals surface area (Å²) in [5, 5.41) is 6.98. The first-order valence-corrected chi connectivity index (χ1v) is 7.92. The Morgan fingerprint density at radius 3 is 2.25 bits per heavy atom. The third-order valence-electron chi connectivity index (χ3n) is 3.08. The number of ether oxygens (including phenoxy) is 2. The van der Waals surface area contributed by atoms with E-state index in [9.17, 15) is 0 Å². The normalized spacial score (nSPS) is 11.1. The zero-order valence-electron chi connectivity index (χ0n) is 14.8. The molecule has 0 amide bonds. The van der Waals surface area contributed by atoms with Crippen molar-refractivity contribution in [1.29, 1.82) is 0 Å². The third-order valence-corrected chi connectivity index (χ3v) is 3.37. The van der Waals surface area contributed by atoms with Gasteiger partial charge in [0.15, 0.2) is 0 Å². The van der Waals surface area contributed by atoms with Gasteiger partial charge in [0.05, 0.1) is 24.9 Å². The molecule has 24 heavy (non-hydrogen) atoms. The standard InChI is InChI=1S/C17H23ClN4O2/c1-10-7-15(22-17(2,3)4)21-16(19-10)20-12-9-13(23-5)11(18)8-14(12)24-6/h7-9H,1-6H3,(H2,19,20,21,22).